The highest BCUT2D eigenvalue weighted by atomic mass is 79.9. The van der Waals surface area contributed by atoms with E-state index in [9.17, 15) is 9.18 Å². The summed E-state index contributed by atoms with van der Waals surface area (Å²) in [6, 6.07) is 5.11. The Bertz CT molecular complexity index is 487. The normalized spacial score (nSPS) is 24.4. The Hall–Kier alpha value is -0.940. The van der Waals surface area contributed by atoms with Crippen molar-refractivity contribution in [3.8, 4) is 0 Å². The lowest BCUT2D eigenvalue weighted by atomic mass is 9.85. The zero-order valence-electron chi connectivity index (χ0n) is 11.4. The van der Waals surface area contributed by atoms with Gasteiger partial charge in [-0.1, -0.05) is 15.9 Å². The maximum absolute atomic E-state index is 13.8. The largest absolute Gasteiger partial charge is 0.481 e. The summed E-state index contributed by atoms with van der Waals surface area (Å²) in [5.74, 6) is -1.13. The van der Waals surface area contributed by atoms with Crippen LogP contribution in [0.1, 0.15) is 44.2 Å². The first-order chi connectivity index (χ1) is 9.47. The van der Waals surface area contributed by atoms with E-state index >= 15 is 0 Å². The van der Waals surface area contributed by atoms with Gasteiger partial charge in [-0.15, -0.1) is 0 Å². The molecule has 0 heterocycles. The maximum Gasteiger partial charge on any atom is 0.306 e. The highest BCUT2D eigenvalue weighted by Gasteiger charge is 2.27. The Labute approximate surface area is 126 Å². The third-order valence-electron chi connectivity index (χ3n) is 3.99. The first-order valence-corrected chi connectivity index (χ1v) is 7.70. The smallest absolute Gasteiger partial charge is 0.306 e. The average molecular weight is 344 g/mol. The van der Waals surface area contributed by atoms with E-state index in [2.05, 4.69) is 21.2 Å². The second kappa shape index (κ2) is 6.68. The van der Waals surface area contributed by atoms with Crippen LogP contribution in [-0.2, 0) is 4.79 Å². The summed E-state index contributed by atoms with van der Waals surface area (Å²) < 4.78 is 14.7. The van der Waals surface area contributed by atoms with Crippen LogP contribution in [0.15, 0.2) is 22.7 Å². The van der Waals surface area contributed by atoms with E-state index in [1.807, 2.05) is 6.92 Å². The number of halogens is 2. The fraction of sp³-hybridized carbons (Fsp3) is 0.533. The Morgan fingerprint density at radius 1 is 1.40 bits per heavy atom. The van der Waals surface area contributed by atoms with Gasteiger partial charge in [0.25, 0.3) is 0 Å². The first-order valence-electron chi connectivity index (χ1n) is 6.91. The Kier molecular flexibility index (Phi) is 5.16. The second-order valence-corrected chi connectivity index (χ2v) is 6.36. The minimum Gasteiger partial charge on any atom is -0.481 e. The number of carboxylic acids is 1. The summed E-state index contributed by atoms with van der Waals surface area (Å²) in [4.78, 5) is 10.9. The van der Waals surface area contributed by atoms with Crippen molar-refractivity contribution < 1.29 is 14.3 Å². The molecular formula is C15H19BrFNO2. The van der Waals surface area contributed by atoms with Crippen LogP contribution in [-0.4, -0.2) is 17.1 Å². The van der Waals surface area contributed by atoms with Crippen molar-refractivity contribution in [3.05, 3.63) is 34.1 Å². The van der Waals surface area contributed by atoms with Crippen LogP contribution in [0.4, 0.5) is 4.39 Å². The third-order valence-corrected chi connectivity index (χ3v) is 4.48. The SMILES string of the molecule is CC(NC1CCC(C(=O)O)CC1)c1cc(Br)ccc1F. The summed E-state index contributed by atoms with van der Waals surface area (Å²) >= 11 is 3.35. The van der Waals surface area contributed by atoms with Gasteiger partial charge >= 0.3 is 5.97 Å². The van der Waals surface area contributed by atoms with Gasteiger partial charge in [0.15, 0.2) is 0 Å². The lowest BCUT2D eigenvalue weighted by Gasteiger charge is -2.29. The lowest BCUT2D eigenvalue weighted by molar-refractivity contribution is -0.142. The van der Waals surface area contributed by atoms with E-state index < -0.39 is 5.97 Å². The van der Waals surface area contributed by atoms with Crippen molar-refractivity contribution in [1.29, 1.82) is 0 Å². The molecule has 1 unspecified atom stereocenters. The monoisotopic (exact) mass is 343 g/mol. The minimum atomic E-state index is -0.700. The Morgan fingerprint density at radius 3 is 2.65 bits per heavy atom. The van der Waals surface area contributed by atoms with Crippen LogP contribution in [0.2, 0.25) is 0 Å². The zero-order chi connectivity index (χ0) is 14.7. The van der Waals surface area contributed by atoms with Gasteiger partial charge in [0.1, 0.15) is 5.82 Å². The minimum absolute atomic E-state index is 0.0844. The fourth-order valence-corrected chi connectivity index (χ4v) is 3.18. The van der Waals surface area contributed by atoms with Gasteiger partial charge in [-0.25, -0.2) is 4.39 Å². The summed E-state index contributed by atoms with van der Waals surface area (Å²) in [5.41, 5.74) is 0.639. The standard InChI is InChI=1S/C15H19BrFNO2/c1-9(13-8-11(16)4-7-14(13)17)18-12-5-2-10(3-6-12)15(19)20/h4,7-10,12,18H,2-3,5-6H2,1H3,(H,19,20). The molecule has 110 valence electrons. The van der Waals surface area contributed by atoms with Gasteiger partial charge in [-0.05, 0) is 50.8 Å². The van der Waals surface area contributed by atoms with Gasteiger partial charge < -0.3 is 10.4 Å². The summed E-state index contributed by atoms with van der Waals surface area (Å²) in [6.45, 7) is 1.94. The molecule has 0 aliphatic heterocycles. The predicted molar refractivity (Wildman–Crippen MR) is 79.0 cm³/mol. The molecule has 1 aliphatic rings. The molecule has 0 aromatic heterocycles. The van der Waals surface area contributed by atoms with Crippen LogP contribution in [0.5, 0.6) is 0 Å². The zero-order valence-corrected chi connectivity index (χ0v) is 13.0. The third kappa shape index (κ3) is 3.79. The number of hydrogen-bond acceptors (Lipinski definition) is 2. The molecule has 1 fully saturated rings. The molecule has 0 amide bonds. The summed E-state index contributed by atoms with van der Waals surface area (Å²) in [5, 5.41) is 12.4. The average Bonchev–Trinajstić information content (AvgIpc) is 2.42. The number of aliphatic carboxylic acids is 1. The molecule has 5 heteroatoms. The molecule has 0 spiro atoms. The van der Waals surface area contributed by atoms with Gasteiger partial charge in [-0.2, -0.15) is 0 Å². The molecule has 1 saturated carbocycles. The van der Waals surface area contributed by atoms with Crippen LogP contribution >= 0.6 is 15.9 Å². The highest BCUT2D eigenvalue weighted by molar-refractivity contribution is 9.10. The van der Waals surface area contributed by atoms with Crippen molar-refractivity contribution in [1.82, 2.24) is 5.32 Å². The molecular weight excluding hydrogens is 325 g/mol. The molecule has 20 heavy (non-hydrogen) atoms. The fourth-order valence-electron chi connectivity index (χ4n) is 2.80. The van der Waals surface area contributed by atoms with Gasteiger partial charge in [0, 0.05) is 22.1 Å². The molecule has 1 aromatic carbocycles. The summed E-state index contributed by atoms with van der Waals surface area (Å²) in [7, 11) is 0. The maximum atomic E-state index is 13.8. The molecule has 1 atom stereocenters. The Morgan fingerprint density at radius 2 is 2.05 bits per heavy atom. The molecule has 3 nitrogen and oxygen atoms in total. The number of carboxylic acid groups (broad SMARTS) is 1. The van der Waals surface area contributed by atoms with Crippen LogP contribution in [0, 0.1) is 11.7 Å². The topological polar surface area (TPSA) is 49.3 Å². The number of rotatable bonds is 4. The molecule has 0 bridgehead atoms. The van der Waals surface area contributed by atoms with E-state index in [1.54, 1.807) is 12.1 Å². The van der Waals surface area contributed by atoms with Crippen molar-refractivity contribution in [3.63, 3.8) is 0 Å². The second-order valence-electron chi connectivity index (χ2n) is 5.44. The van der Waals surface area contributed by atoms with Crippen LogP contribution < -0.4 is 5.32 Å². The number of carbonyl (C=O) groups is 1. The van der Waals surface area contributed by atoms with Crippen molar-refractivity contribution in [2.24, 2.45) is 5.92 Å². The van der Waals surface area contributed by atoms with Crippen LogP contribution in [0.3, 0.4) is 0 Å². The van der Waals surface area contributed by atoms with E-state index in [-0.39, 0.29) is 23.8 Å². The van der Waals surface area contributed by atoms with E-state index in [1.165, 1.54) is 6.07 Å². The highest BCUT2D eigenvalue weighted by Crippen LogP contribution is 2.27. The van der Waals surface area contributed by atoms with Crippen molar-refractivity contribution >= 4 is 21.9 Å². The molecule has 1 aromatic rings. The molecule has 1 aliphatic carbocycles. The van der Waals surface area contributed by atoms with Crippen molar-refractivity contribution in [2.45, 2.75) is 44.7 Å². The first kappa shape index (κ1) is 15.4. The summed E-state index contributed by atoms with van der Waals surface area (Å²) in [6.07, 6.45) is 3.05. The van der Waals surface area contributed by atoms with Gasteiger partial charge in [0.2, 0.25) is 0 Å². The van der Waals surface area contributed by atoms with E-state index in [0.717, 1.165) is 17.3 Å². The number of hydrogen-bond donors (Lipinski definition) is 2. The van der Waals surface area contributed by atoms with E-state index in [4.69, 9.17) is 5.11 Å². The molecule has 2 rings (SSSR count). The van der Waals surface area contributed by atoms with Gasteiger partial charge in [-0.3, -0.25) is 4.79 Å². The number of nitrogens with one attached hydrogen (secondary N) is 1. The molecule has 0 saturated heterocycles. The van der Waals surface area contributed by atoms with Gasteiger partial charge in [0.05, 0.1) is 5.92 Å². The predicted octanol–water partition coefficient (Wildman–Crippen LogP) is 3.88. The lowest BCUT2D eigenvalue weighted by Crippen LogP contribution is -2.36. The Balaban J connectivity index is 1.94. The quantitative estimate of drug-likeness (QED) is 0.871. The van der Waals surface area contributed by atoms with E-state index in [0.29, 0.717) is 18.4 Å². The van der Waals surface area contributed by atoms with Crippen LogP contribution in [0.25, 0.3) is 0 Å². The molecule has 2 N–H and O–H groups in total. The molecule has 0 radical (unpaired) electrons. The number of benzene rings is 1. The van der Waals surface area contributed by atoms with Crippen molar-refractivity contribution in [2.75, 3.05) is 0 Å².